The Hall–Kier alpha value is 0.580. The lowest BCUT2D eigenvalue weighted by molar-refractivity contribution is 0.886. The molecule has 1 aliphatic rings. The molecule has 0 aromatic heterocycles. The molecule has 1 aliphatic carbocycles. The summed E-state index contributed by atoms with van der Waals surface area (Å²) in [6.07, 6.45) is 7.50. The third-order valence-electron chi connectivity index (χ3n) is 1.25. The van der Waals surface area contributed by atoms with Gasteiger partial charge in [0.05, 0.1) is 0 Å². The highest BCUT2D eigenvalue weighted by atomic mass is 35.5. The average Bonchev–Trinajstić information content (AvgIpc) is 1.76. The van der Waals surface area contributed by atoms with Gasteiger partial charge < -0.3 is 0 Å². The molecular weight excluding hydrogens is 131 g/mol. The van der Waals surface area contributed by atoms with Crippen molar-refractivity contribution in [3.63, 3.8) is 0 Å². The van der Waals surface area contributed by atoms with Gasteiger partial charge in [-0.25, -0.2) is 0 Å². The predicted octanol–water partition coefficient (Wildman–Crippen LogP) is 2.79. The van der Waals surface area contributed by atoms with E-state index in [1.54, 1.807) is 0 Å². The van der Waals surface area contributed by atoms with Crippen LogP contribution in [0.4, 0.5) is 0 Å². The maximum Gasteiger partial charge on any atom is -0.0533 e. The maximum absolute atomic E-state index is 1.50. The van der Waals surface area contributed by atoms with Gasteiger partial charge in [-0.2, -0.15) is 0 Å². The standard InChI is InChI=1S/C5H10.2ClH/c1-2-4-5-3-1;;/h1-5H2;2*1H. The van der Waals surface area contributed by atoms with Crippen LogP contribution in [0.5, 0.6) is 0 Å². The summed E-state index contributed by atoms with van der Waals surface area (Å²) in [6, 6.07) is 0. The summed E-state index contributed by atoms with van der Waals surface area (Å²) in [4.78, 5) is 0. The van der Waals surface area contributed by atoms with Crippen molar-refractivity contribution in [2.24, 2.45) is 0 Å². The molecule has 0 heterocycles. The van der Waals surface area contributed by atoms with Gasteiger partial charge in [-0.05, 0) is 0 Å². The minimum absolute atomic E-state index is 0. The first-order valence-corrected chi connectivity index (χ1v) is 2.50. The molecule has 0 unspecified atom stereocenters. The molecule has 0 radical (unpaired) electrons. The van der Waals surface area contributed by atoms with Crippen molar-refractivity contribution in [3.05, 3.63) is 0 Å². The van der Waals surface area contributed by atoms with Crippen molar-refractivity contribution in [3.8, 4) is 0 Å². The molecule has 0 aliphatic heterocycles. The van der Waals surface area contributed by atoms with Crippen LogP contribution in [0.25, 0.3) is 0 Å². The van der Waals surface area contributed by atoms with Gasteiger partial charge in [0, 0.05) is 0 Å². The molecule has 0 aromatic rings. The third kappa shape index (κ3) is 4.43. The SMILES string of the molecule is C1CCCC1.Cl.Cl. The second-order valence-electron chi connectivity index (χ2n) is 1.77. The van der Waals surface area contributed by atoms with Crippen LogP contribution in [-0.4, -0.2) is 0 Å². The Morgan fingerprint density at radius 1 is 0.429 bits per heavy atom. The lowest BCUT2D eigenvalue weighted by Crippen LogP contribution is -1.47. The first-order chi connectivity index (χ1) is 2.50. The molecule has 0 aromatic carbocycles. The van der Waals surface area contributed by atoms with E-state index >= 15 is 0 Å². The lowest BCUT2D eigenvalue weighted by atomic mass is 10.4. The Bertz CT molecular complexity index is 17.7. The molecule has 1 rings (SSSR count). The van der Waals surface area contributed by atoms with E-state index in [4.69, 9.17) is 0 Å². The first kappa shape index (κ1) is 10.5. The van der Waals surface area contributed by atoms with E-state index in [2.05, 4.69) is 0 Å². The van der Waals surface area contributed by atoms with Gasteiger partial charge >= 0.3 is 0 Å². The molecule has 0 N–H and O–H groups in total. The number of halogens is 2. The van der Waals surface area contributed by atoms with Crippen LogP contribution < -0.4 is 0 Å². The van der Waals surface area contributed by atoms with Crippen LogP contribution in [0.15, 0.2) is 0 Å². The van der Waals surface area contributed by atoms with Crippen LogP contribution in [0, 0.1) is 0 Å². The number of rotatable bonds is 0. The van der Waals surface area contributed by atoms with Crippen molar-refractivity contribution in [2.45, 2.75) is 32.1 Å². The predicted molar refractivity (Wildman–Crippen MR) is 37.6 cm³/mol. The van der Waals surface area contributed by atoms with Gasteiger partial charge in [-0.3, -0.25) is 0 Å². The molecule has 0 nitrogen and oxygen atoms in total. The highest BCUT2D eigenvalue weighted by Crippen LogP contribution is 2.15. The summed E-state index contributed by atoms with van der Waals surface area (Å²) >= 11 is 0. The Labute approximate surface area is 57.5 Å². The van der Waals surface area contributed by atoms with Crippen molar-refractivity contribution in [1.82, 2.24) is 0 Å². The Morgan fingerprint density at radius 3 is 0.714 bits per heavy atom. The quantitative estimate of drug-likeness (QED) is 0.489. The summed E-state index contributed by atoms with van der Waals surface area (Å²) < 4.78 is 0. The number of hydrogen-bond donors (Lipinski definition) is 0. The van der Waals surface area contributed by atoms with Gasteiger partial charge in [0.2, 0.25) is 0 Å². The fourth-order valence-electron chi connectivity index (χ4n) is 0.884. The topological polar surface area (TPSA) is 0 Å². The zero-order chi connectivity index (χ0) is 3.54. The van der Waals surface area contributed by atoms with Gasteiger partial charge in [-0.15, -0.1) is 24.8 Å². The minimum atomic E-state index is 0. The van der Waals surface area contributed by atoms with Crippen molar-refractivity contribution in [2.75, 3.05) is 0 Å². The van der Waals surface area contributed by atoms with Crippen LogP contribution in [0.3, 0.4) is 0 Å². The summed E-state index contributed by atoms with van der Waals surface area (Å²) in [7, 11) is 0. The summed E-state index contributed by atoms with van der Waals surface area (Å²) in [5.41, 5.74) is 0. The Kier molecular flexibility index (Phi) is 9.91. The second-order valence-corrected chi connectivity index (χ2v) is 1.77. The Morgan fingerprint density at radius 2 is 0.571 bits per heavy atom. The lowest BCUT2D eigenvalue weighted by Gasteiger charge is -1.67. The molecule has 2 heteroatoms. The zero-order valence-corrected chi connectivity index (χ0v) is 5.99. The van der Waals surface area contributed by atoms with Gasteiger partial charge in [0.15, 0.2) is 0 Å². The molecule has 1 fully saturated rings. The fourth-order valence-corrected chi connectivity index (χ4v) is 0.884. The van der Waals surface area contributed by atoms with Gasteiger partial charge in [-0.1, -0.05) is 32.1 Å². The van der Waals surface area contributed by atoms with Crippen LogP contribution in [0.1, 0.15) is 32.1 Å². The maximum atomic E-state index is 1.50. The average molecular weight is 143 g/mol. The molecule has 7 heavy (non-hydrogen) atoms. The van der Waals surface area contributed by atoms with Crippen molar-refractivity contribution in [1.29, 1.82) is 0 Å². The van der Waals surface area contributed by atoms with Crippen LogP contribution in [-0.2, 0) is 0 Å². The fraction of sp³-hybridized carbons (Fsp3) is 1.00. The van der Waals surface area contributed by atoms with Crippen molar-refractivity contribution < 1.29 is 0 Å². The summed E-state index contributed by atoms with van der Waals surface area (Å²) in [5.74, 6) is 0. The second kappa shape index (κ2) is 6.58. The van der Waals surface area contributed by atoms with Crippen LogP contribution >= 0.6 is 24.8 Å². The van der Waals surface area contributed by atoms with E-state index < -0.39 is 0 Å². The van der Waals surface area contributed by atoms with E-state index in [0.717, 1.165) is 0 Å². The third-order valence-corrected chi connectivity index (χ3v) is 1.25. The molecule has 46 valence electrons. The molecule has 0 bridgehead atoms. The molecule has 0 atom stereocenters. The van der Waals surface area contributed by atoms with Gasteiger partial charge in [0.1, 0.15) is 0 Å². The normalized spacial score (nSPS) is 17.1. The highest BCUT2D eigenvalue weighted by molar-refractivity contribution is 5.85. The highest BCUT2D eigenvalue weighted by Gasteiger charge is 1.95. The largest absolute Gasteiger partial charge is 0.147 e. The van der Waals surface area contributed by atoms with Crippen molar-refractivity contribution >= 4 is 24.8 Å². The molecule has 0 spiro atoms. The number of hydrogen-bond acceptors (Lipinski definition) is 0. The summed E-state index contributed by atoms with van der Waals surface area (Å²) in [5, 5.41) is 0. The first-order valence-electron chi connectivity index (χ1n) is 2.50. The molecule has 0 saturated heterocycles. The van der Waals surface area contributed by atoms with E-state index in [1.807, 2.05) is 0 Å². The summed E-state index contributed by atoms with van der Waals surface area (Å²) in [6.45, 7) is 0. The minimum Gasteiger partial charge on any atom is -0.147 e. The monoisotopic (exact) mass is 142 g/mol. The molecule has 0 amide bonds. The van der Waals surface area contributed by atoms with E-state index in [9.17, 15) is 0 Å². The van der Waals surface area contributed by atoms with E-state index in [0.29, 0.717) is 0 Å². The smallest absolute Gasteiger partial charge is 0.0533 e. The molecule has 1 saturated carbocycles. The zero-order valence-electron chi connectivity index (χ0n) is 4.35. The molecular formula is C5H12Cl2. The van der Waals surface area contributed by atoms with E-state index in [1.165, 1.54) is 32.1 Å². The Balaban J connectivity index is 0. The van der Waals surface area contributed by atoms with Gasteiger partial charge in [0.25, 0.3) is 0 Å². The van der Waals surface area contributed by atoms with E-state index in [-0.39, 0.29) is 24.8 Å². The van der Waals surface area contributed by atoms with Crippen LogP contribution in [0.2, 0.25) is 0 Å².